The van der Waals surface area contributed by atoms with Gasteiger partial charge in [0.15, 0.2) is 0 Å². The largest absolute Gasteiger partial charge is 0.441 e. The van der Waals surface area contributed by atoms with Crippen LogP contribution < -0.4 is 5.32 Å². The Morgan fingerprint density at radius 3 is 2.45 bits per heavy atom. The van der Waals surface area contributed by atoms with Gasteiger partial charge in [0.25, 0.3) is 0 Å². The maximum absolute atomic E-state index is 12.8. The molecule has 2 aliphatic rings. The zero-order chi connectivity index (χ0) is 26.9. The zero-order valence-electron chi connectivity index (χ0n) is 20.8. The number of hydroxylamine groups is 2. The van der Waals surface area contributed by atoms with E-state index >= 15 is 0 Å². The van der Waals surface area contributed by atoms with Gasteiger partial charge in [-0.3, -0.25) is 4.90 Å². The van der Waals surface area contributed by atoms with Crippen LogP contribution in [0.5, 0.6) is 0 Å². The number of carbonyl (C=O) groups excluding carboxylic acids is 2. The molecule has 5 rings (SSSR count). The van der Waals surface area contributed by atoms with E-state index in [4.69, 9.17) is 9.57 Å². The Morgan fingerprint density at radius 1 is 1.05 bits per heavy atom. The molecule has 7 nitrogen and oxygen atoms in total. The number of benzene rings is 3. The number of ether oxygens (including phenoxy) is 1. The van der Waals surface area contributed by atoms with E-state index in [0.717, 1.165) is 28.5 Å². The molecule has 3 aromatic carbocycles. The standard InChI is InChI=1S/C28H28F3N3O4/c1-19(23-8-4-6-21-5-2-3-7-24(21)23)32-25(35)38-34-15-13-27(14-16-34)18-33(26(36)37-27)17-20-9-11-22(12-10-20)28(29,30)31/h2-12,19H,13-18H2,1H3,(H,32,35). The molecular formula is C28H28F3N3O4. The minimum absolute atomic E-state index is 0.160. The van der Waals surface area contributed by atoms with Gasteiger partial charge in [0.1, 0.15) is 5.60 Å². The van der Waals surface area contributed by atoms with Crippen LogP contribution in [-0.4, -0.2) is 47.4 Å². The third-order valence-corrected chi connectivity index (χ3v) is 7.17. The number of piperidine rings is 1. The topological polar surface area (TPSA) is 71.1 Å². The highest BCUT2D eigenvalue weighted by atomic mass is 19.4. The first-order valence-corrected chi connectivity index (χ1v) is 12.5. The molecule has 2 heterocycles. The SMILES string of the molecule is CC(NC(=O)ON1CCC2(CC1)CN(Cc1ccc(C(F)(F)F)cc1)C(=O)O2)c1cccc2ccccc12. The number of alkyl halides is 3. The summed E-state index contributed by atoms with van der Waals surface area (Å²) in [7, 11) is 0. The van der Waals surface area contributed by atoms with E-state index in [-0.39, 0.29) is 12.6 Å². The first-order chi connectivity index (χ1) is 18.1. The highest BCUT2D eigenvalue weighted by Crippen LogP contribution is 2.35. The Kier molecular flexibility index (Phi) is 6.92. The number of fused-ring (bicyclic) bond motifs is 1. The van der Waals surface area contributed by atoms with Crippen molar-refractivity contribution in [2.75, 3.05) is 19.6 Å². The third-order valence-electron chi connectivity index (χ3n) is 7.17. The van der Waals surface area contributed by atoms with E-state index in [0.29, 0.717) is 38.0 Å². The van der Waals surface area contributed by atoms with Gasteiger partial charge in [-0.1, -0.05) is 54.6 Å². The molecule has 1 unspecified atom stereocenters. The number of hydrogen-bond acceptors (Lipinski definition) is 5. The first kappa shape index (κ1) is 25.8. The van der Waals surface area contributed by atoms with Crippen LogP contribution >= 0.6 is 0 Å². The molecule has 2 saturated heterocycles. The lowest BCUT2D eigenvalue weighted by atomic mass is 9.92. The van der Waals surface area contributed by atoms with Crippen molar-refractivity contribution in [1.29, 1.82) is 0 Å². The smallest absolute Gasteiger partial charge is 0.426 e. The lowest BCUT2D eigenvalue weighted by molar-refractivity contribution is -0.142. The van der Waals surface area contributed by atoms with Gasteiger partial charge in [0.05, 0.1) is 18.2 Å². The maximum Gasteiger partial charge on any atom is 0.426 e. The van der Waals surface area contributed by atoms with Crippen molar-refractivity contribution >= 4 is 23.0 Å². The van der Waals surface area contributed by atoms with E-state index in [2.05, 4.69) is 5.32 Å². The Labute approximate surface area is 218 Å². The fourth-order valence-electron chi connectivity index (χ4n) is 5.11. The lowest BCUT2D eigenvalue weighted by Gasteiger charge is -2.36. The van der Waals surface area contributed by atoms with Crippen molar-refractivity contribution in [3.8, 4) is 0 Å². The summed E-state index contributed by atoms with van der Waals surface area (Å²) in [6.07, 6.45) is -4.53. The minimum Gasteiger partial charge on any atom is -0.441 e. The fourth-order valence-corrected chi connectivity index (χ4v) is 5.11. The van der Waals surface area contributed by atoms with Crippen LogP contribution in [0.15, 0.2) is 66.7 Å². The Balaban J connectivity index is 1.12. The summed E-state index contributed by atoms with van der Waals surface area (Å²) in [5.41, 5.74) is 0.133. The van der Waals surface area contributed by atoms with Gasteiger partial charge in [-0.25, -0.2) is 9.59 Å². The summed E-state index contributed by atoms with van der Waals surface area (Å²) in [4.78, 5) is 32.1. The number of hydrogen-bond donors (Lipinski definition) is 1. The lowest BCUT2D eigenvalue weighted by Crippen LogP contribution is -2.48. The molecular weight excluding hydrogens is 499 g/mol. The number of carbonyl (C=O) groups is 2. The van der Waals surface area contributed by atoms with E-state index < -0.39 is 29.5 Å². The van der Waals surface area contributed by atoms with Gasteiger partial charge in [-0.15, -0.1) is 5.06 Å². The van der Waals surface area contributed by atoms with Crippen LogP contribution in [-0.2, 0) is 22.3 Å². The minimum atomic E-state index is -4.41. The normalized spacial score (nSPS) is 18.4. The Morgan fingerprint density at radius 2 is 1.74 bits per heavy atom. The van der Waals surface area contributed by atoms with Gasteiger partial charge >= 0.3 is 18.4 Å². The molecule has 2 amide bonds. The summed E-state index contributed by atoms with van der Waals surface area (Å²) < 4.78 is 44.1. The average molecular weight is 528 g/mol. The van der Waals surface area contributed by atoms with Crippen molar-refractivity contribution in [2.45, 2.75) is 44.1 Å². The number of amides is 2. The van der Waals surface area contributed by atoms with Gasteiger partial charge in [-0.2, -0.15) is 13.2 Å². The molecule has 0 aliphatic carbocycles. The summed E-state index contributed by atoms with van der Waals surface area (Å²) in [6, 6.07) is 18.4. The van der Waals surface area contributed by atoms with Gasteiger partial charge in [0.2, 0.25) is 0 Å². The van der Waals surface area contributed by atoms with Gasteiger partial charge in [0, 0.05) is 32.5 Å². The molecule has 3 aromatic rings. The molecule has 2 fully saturated rings. The molecule has 2 aliphatic heterocycles. The van der Waals surface area contributed by atoms with Crippen LogP contribution in [0.4, 0.5) is 22.8 Å². The predicted molar refractivity (Wildman–Crippen MR) is 134 cm³/mol. The van der Waals surface area contributed by atoms with Crippen molar-refractivity contribution in [2.24, 2.45) is 0 Å². The molecule has 1 spiro atoms. The van der Waals surface area contributed by atoms with E-state index in [9.17, 15) is 22.8 Å². The molecule has 10 heteroatoms. The number of rotatable bonds is 5. The van der Waals surface area contributed by atoms with Crippen molar-refractivity contribution in [1.82, 2.24) is 15.3 Å². The van der Waals surface area contributed by atoms with E-state index in [1.54, 1.807) is 5.06 Å². The highest BCUT2D eigenvalue weighted by molar-refractivity contribution is 5.86. The molecule has 200 valence electrons. The summed E-state index contributed by atoms with van der Waals surface area (Å²) >= 11 is 0. The highest BCUT2D eigenvalue weighted by Gasteiger charge is 2.47. The average Bonchev–Trinajstić information content (AvgIpc) is 3.19. The molecule has 0 radical (unpaired) electrons. The second-order valence-corrected chi connectivity index (χ2v) is 9.84. The molecule has 0 aromatic heterocycles. The quantitative estimate of drug-likeness (QED) is 0.438. The maximum atomic E-state index is 12.8. The summed E-state index contributed by atoms with van der Waals surface area (Å²) in [5, 5.41) is 6.59. The van der Waals surface area contributed by atoms with Crippen molar-refractivity contribution in [3.63, 3.8) is 0 Å². The van der Waals surface area contributed by atoms with E-state index in [1.807, 2.05) is 49.4 Å². The Bertz CT molecular complexity index is 1320. The summed E-state index contributed by atoms with van der Waals surface area (Å²) in [6.45, 7) is 3.16. The monoisotopic (exact) mass is 527 g/mol. The number of nitrogens with zero attached hydrogens (tertiary/aromatic N) is 2. The van der Waals surface area contributed by atoms with Crippen molar-refractivity contribution < 1.29 is 32.3 Å². The van der Waals surface area contributed by atoms with Crippen LogP contribution in [0, 0.1) is 0 Å². The van der Waals surface area contributed by atoms with Crippen LogP contribution in [0.3, 0.4) is 0 Å². The molecule has 0 bridgehead atoms. The molecule has 0 saturated carbocycles. The van der Waals surface area contributed by atoms with Gasteiger partial charge < -0.3 is 14.9 Å². The fraction of sp³-hybridized carbons (Fsp3) is 0.357. The Hall–Kier alpha value is -3.79. The second kappa shape index (κ2) is 10.2. The van der Waals surface area contributed by atoms with Crippen LogP contribution in [0.2, 0.25) is 0 Å². The molecule has 38 heavy (non-hydrogen) atoms. The van der Waals surface area contributed by atoms with E-state index in [1.165, 1.54) is 17.0 Å². The zero-order valence-corrected chi connectivity index (χ0v) is 20.8. The predicted octanol–water partition coefficient (Wildman–Crippen LogP) is 6.05. The summed E-state index contributed by atoms with van der Waals surface area (Å²) in [5.74, 6) is 0. The molecule has 1 atom stereocenters. The second-order valence-electron chi connectivity index (χ2n) is 9.84. The number of halogens is 3. The van der Waals surface area contributed by atoms with Crippen molar-refractivity contribution in [3.05, 3.63) is 83.4 Å². The number of nitrogens with one attached hydrogen (secondary N) is 1. The van der Waals surface area contributed by atoms with Crippen LogP contribution in [0.1, 0.15) is 42.5 Å². The molecule has 1 N–H and O–H groups in total. The third kappa shape index (κ3) is 5.55. The first-order valence-electron chi connectivity index (χ1n) is 12.5. The van der Waals surface area contributed by atoms with Gasteiger partial charge in [-0.05, 0) is 41.0 Å². The van der Waals surface area contributed by atoms with Crippen LogP contribution in [0.25, 0.3) is 10.8 Å².